The van der Waals surface area contributed by atoms with Crippen molar-refractivity contribution in [2.24, 2.45) is 5.14 Å². The predicted octanol–water partition coefficient (Wildman–Crippen LogP) is 1.60. The fraction of sp³-hybridized carbons (Fsp3) is 0.333. The minimum atomic E-state index is -3.96. The summed E-state index contributed by atoms with van der Waals surface area (Å²) < 4.78 is 35.5. The first-order valence-electron chi connectivity index (χ1n) is 4.15. The first-order chi connectivity index (χ1) is 6.34. The third kappa shape index (κ3) is 2.10. The van der Waals surface area contributed by atoms with Crippen LogP contribution in [0.1, 0.15) is 25.3 Å². The number of sulfonamides is 1. The zero-order valence-electron chi connectivity index (χ0n) is 7.99. The molecule has 5 heteroatoms. The van der Waals surface area contributed by atoms with E-state index < -0.39 is 20.7 Å². The summed E-state index contributed by atoms with van der Waals surface area (Å²) in [7, 11) is -3.96. The molecule has 78 valence electrons. The van der Waals surface area contributed by atoms with Gasteiger partial charge in [-0.25, -0.2) is 17.9 Å². The highest BCUT2D eigenvalue weighted by Gasteiger charge is 2.18. The van der Waals surface area contributed by atoms with Gasteiger partial charge in [-0.2, -0.15) is 0 Å². The maximum Gasteiger partial charge on any atom is 0.240 e. The van der Waals surface area contributed by atoms with Crippen molar-refractivity contribution >= 4 is 10.0 Å². The Labute approximate surface area is 82.8 Å². The standard InChI is InChI=1S/C9H12FNO2S/c1-6(2)7-4-3-5-8(9(7)10)14(11,12)13/h3-6H,1-2H3,(H2,11,12,13). The summed E-state index contributed by atoms with van der Waals surface area (Å²) in [6.45, 7) is 3.57. The van der Waals surface area contributed by atoms with Crippen LogP contribution in [0.25, 0.3) is 0 Å². The summed E-state index contributed by atoms with van der Waals surface area (Å²) in [6, 6.07) is 4.20. The van der Waals surface area contributed by atoms with Crippen molar-refractivity contribution in [3.8, 4) is 0 Å². The van der Waals surface area contributed by atoms with Crippen molar-refractivity contribution in [1.82, 2.24) is 0 Å². The van der Waals surface area contributed by atoms with Crippen LogP contribution in [0, 0.1) is 5.82 Å². The molecule has 14 heavy (non-hydrogen) atoms. The molecule has 0 aliphatic heterocycles. The molecular formula is C9H12FNO2S. The van der Waals surface area contributed by atoms with Gasteiger partial charge in [0.15, 0.2) is 0 Å². The van der Waals surface area contributed by atoms with Gasteiger partial charge < -0.3 is 0 Å². The summed E-state index contributed by atoms with van der Waals surface area (Å²) >= 11 is 0. The molecule has 1 aromatic carbocycles. The summed E-state index contributed by atoms with van der Waals surface area (Å²) in [5.41, 5.74) is 0.358. The van der Waals surface area contributed by atoms with Crippen LogP contribution in [-0.2, 0) is 10.0 Å². The van der Waals surface area contributed by atoms with Gasteiger partial charge in [0, 0.05) is 0 Å². The van der Waals surface area contributed by atoms with E-state index in [2.05, 4.69) is 0 Å². The molecule has 0 saturated carbocycles. The molecule has 0 unspecified atom stereocenters. The summed E-state index contributed by atoms with van der Waals surface area (Å²) in [5, 5.41) is 4.86. The van der Waals surface area contributed by atoms with E-state index in [1.807, 2.05) is 0 Å². The molecule has 0 fully saturated rings. The van der Waals surface area contributed by atoms with Gasteiger partial charge in [-0.1, -0.05) is 26.0 Å². The van der Waals surface area contributed by atoms with Gasteiger partial charge >= 0.3 is 0 Å². The van der Waals surface area contributed by atoms with Gasteiger partial charge in [0.1, 0.15) is 10.7 Å². The Bertz CT molecular complexity index is 440. The summed E-state index contributed by atoms with van der Waals surface area (Å²) in [6.07, 6.45) is 0. The van der Waals surface area contributed by atoms with Crippen molar-refractivity contribution < 1.29 is 12.8 Å². The number of benzene rings is 1. The second-order valence-corrected chi connectivity index (χ2v) is 4.89. The lowest BCUT2D eigenvalue weighted by molar-refractivity contribution is 0.552. The van der Waals surface area contributed by atoms with Crippen molar-refractivity contribution in [2.45, 2.75) is 24.7 Å². The Morgan fingerprint density at radius 3 is 2.36 bits per heavy atom. The fourth-order valence-electron chi connectivity index (χ4n) is 1.19. The Balaban J connectivity index is 3.43. The number of rotatable bonds is 2. The molecule has 0 saturated heterocycles. The van der Waals surface area contributed by atoms with Gasteiger partial charge in [-0.05, 0) is 17.5 Å². The van der Waals surface area contributed by atoms with E-state index in [0.717, 1.165) is 6.07 Å². The molecule has 0 atom stereocenters. The van der Waals surface area contributed by atoms with E-state index in [-0.39, 0.29) is 5.92 Å². The van der Waals surface area contributed by atoms with E-state index in [1.165, 1.54) is 6.07 Å². The number of hydrogen-bond acceptors (Lipinski definition) is 2. The van der Waals surface area contributed by atoms with Crippen molar-refractivity contribution in [2.75, 3.05) is 0 Å². The second-order valence-electron chi connectivity index (χ2n) is 3.36. The molecule has 1 aromatic rings. The topological polar surface area (TPSA) is 60.2 Å². The Morgan fingerprint density at radius 1 is 1.36 bits per heavy atom. The first-order valence-corrected chi connectivity index (χ1v) is 5.70. The van der Waals surface area contributed by atoms with Crippen LogP contribution in [0.3, 0.4) is 0 Å². The number of hydrogen-bond donors (Lipinski definition) is 1. The lowest BCUT2D eigenvalue weighted by Crippen LogP contribution is -2.15. The van der Waals surface area contributed by atoms with Crippen molar-refractivity contribution in [3.05, 3.63) is 29.6 Å². The zero-order chi connectivity index (χ0) is 10.9. The molecule has 0 radical (unpaired) electrons. The molecule has 3 nitrogen and oxygen atoms in total. The quantitative estimate of drug-likeness (QED) is 0.817. The lowest BCUT2D eigenvalue weighted by Gasteiger charge is -2.09. The Morgan fingerprint density at radius 2 is 1.93 bits per heavy atom. The number of halogens is 1. The van der Waals surface area contributed by atoms with Crippen LogP contribution in [-0.4, -0.2) is 8.42 Å². The minimum Gasteiger partial charge on any atom is -0.225 e. The largest absolute Gasteiger partial charge is 0.240 e. The Kier molecular flexibility index (Phi) is 2.92. The van der Waals surface area contributed by atoms with Crippen LogP contribution in [0.2, 0.25) is 0 Å². The van der Waals surface area contributed by atoms with Gasteiger partial charge in [0.05, 0.1) is 0 Å². The molecule has 0 spiro atoms. The Hall–Kier alpha value is -0.940. The SMILES string of the molecule is CC(C)c1cccc(S(N)(=O)=O)c1F. The molecule has 0 bridgehead atoms. The number of nitrogens with two attached hydrogens (primary N) is 1. The van der Waals surface area contributed by atoms with Gasteiger partial charge in [0.25, 0.3) is 0 Å². The summed E-state index contributed by atoms with van der Waals surface area (Å²) in [5.74, 6) is -0.818. The monoisotopic (exact) mass is 217 g/mol. The average molecular weight is 217 g/mol. The van der Waals surface area contributed by atoms with E-state index in [4.69, 9.17) is 5.14 Å². The van der Waals surface area contributed by atoms with E-state index >= 15 is 0 Å². The maximum atomic E-state index is 13.6. The zero-order valence-corrected chi connectivity index (χ0v) is 8.81. The number of primary sulfonamides is 1. The minimum absolute atomic E-state index is 0.0725. The molecule has 0 aliphatic rings. The van der Waals surface area contributed by atoms with Gasteiger partial charge in [-0.3, -0.25) is 0 Å². The van der Waals surface area contributed by atoms with Crippen LogP contribution in [0.15, 0.2) is 23.1 Å². The van der Waals surface area contributed by atoms with Crippen LogP contribution < -0.4 is 5.14 Å². The third-order valence-electron chi connectivity index (χ3n) is 1.92. The second kappa shape index (κ2) is 3.67. The fourth-order valence-corrected chi connectivity index (χ4v) is 1.83. The molecule has 1 rings (SSSR count). The molecule has 0 amide bonds. The first kappa shape index (κ1) is 11.1. The third-order valence-corrected chi connectivity index (χ3v) is 2.85. The van der Waals surface area contributed by atoms with Crippen LogP contribution in [0.4, 0.5) is 4.39 Å². The lowest BCUT2D eigenvalue weighted by atomic mass is 10.0. The van der Waals surface area contributed by atoms with E-state index in [1.54, 1.807) is 19.9 Å². The average Bonchev–Trinajstić information content (AvgIpc) is 2.01. The predicted molar refractivity (Wildman–Crippen MR) is 51.9 cm³/mol. The highest BCUT2D eigenvalue weighted by molar-refractivity contribution is 7.89. The van der Waals surface area contributed by atoms with Crippen molar-refractivity contribution in [3.63, 3.8) is 0 Å². The van der Waals surface area contributed by atoms with Crippen molar-refractivity contribution in [1.29, 1.82) is 0 Å². The molecule has 0 heterocycles. The summed E-state index contributed by atoms with van der Waals surface area (Å²) in [4.78, 5) is -0.441. The normalized spacial score (nSPS) is 12.1. The molecular weight excluding hydrogens is 205 g/mol. The maximum absolute atomic E-state index is 13.6. The van der Waals surface area contributed by atoms with E-state index in [9.17, 15) is 12.8 Å². The van der Waals surface area contributed by atoms with E-state index in [0.29, 0.717) is 5.56 Å². The highest BCUT2D eigenvalue weighted by Crippen LogP contribution is 2.22. The highest BCUT2D eigenvalue weighted by atomic mass is 32.2. The van der Waals surface area contributed by atoms with Crippen LogP contribution >= 0.6 is 0 Å². The van der Waals surface area contributed by atoms with Gasteiger partial charge in [-0.15, -0.1) is 0 Å². The van der Waals surface area contributed by atoms with Crippen LogP contribution in [0.5, 0.6) is 0 Å². The molecule has 2 N–H and O–H groups in total. The molecule has 0 aromatic heterocycles. The molecule has 0 aliphatic carbocycles. The van der Waals surface area contributed by atoms with Gasteiger partial charge in [0.2, 0.25) is 10.0 Å². The smallest absolute Gasteiger partial charge is 0.225 e.